The number of allylic oxidation sites excluding steroid dienone is 2. The highest BCUT2D eigenvalue weighted by Gasteiger charge is 2.41. The predicted octanol–water partition coefficient (Wildman–Crippen LogP) is 3.01. The molecule has 0 atom stereocenters. The van der Waals surface area contributed by atoms with Crippen LogP contribution in [-0.2, 0) is 25.2 Å². The SMILES string of the molecule is COC(=O)C1=C(C(=O)OC)N(c2c([N+](=O)[O-])cc(C(F)(F)F)cc2[N+](=O)[O-])C=CC=C1. The Labute approximate surface area is 170 Å². The minimum absolute atomic E-state index is 0.0845. The molecule has 0 aliphatic carbocycles. The summed E-state index contributed by atoms with van der Waals surface area (Å²) in [6.07, 6.45) is -0.805. The van der Waals surface area contributed by atoms with Crippen LogP contribution in [0.25, 0.3) is 0 Å². The van der Waals surface area contributed by atoms with Crippen molar-refractivity contribution in [3.63, 3.8) is 0 Å². The molecule has 1 aromatic carbocycles. The van der Waals surface area contributed by atoms with Crippen molar-refractivity contribution >= 4 is 29.0 Å². The third-order valence-corrected chi connectivity index (χ3v) is 3.92. The standard InChI is InChI=1S/C17H12F3N3O8/c1-30-15(24)10-5-3-4-6-21(13(10)16(25)31-2)14-11(22(26)27)7-9(17(18,19)20)8-12(14)23(28)29/h3-8H,1-2H3. The fourth-order valence-electron chi connectivity index (χ4n) is 2.63. The van der Waals surface area contributed by atoms with Gasteiger partial charge in [-0.15, -0.1) is 0 Å². The number of carbonyl (C=O) groups is 2. The first-order valence-corrected chi connectivity index (χ1v) is 8.03. The van der Waals surface area contributed by atoms with E-state index >= 15 is 0 Å². The zero-order valence-electron chi connectivity index (χ0n) is 15.7. The zero-order chi connectivity index (χ0) is 23.5. The molecule has 0 aromatic heterocycles. The molecule has 1 aromatic rings. The summed E-state index contributed by atoms with van der Waals surface area (Å²) in [6.45, 7) is 0. The van der Waals surface area contributed by atoms with E-state index in [0.29, 0.717) is 4.90 Å². The maximum Gasteiger partial charge on any atom is 0.416 e. The Hall–Kier alpha value is -4.23. The van der Waals surface area contributed by atoms with Crippen molar-refractivity contribution in [2.24, 2.45) is 0 Å². The van der Waals surface area contributed by atoms with Crippen molar-refractivity contribution in [3.8, 4) is 0 Å². The molecule has 11 nitrogen and oxygen atoms in total. The Balaban J connectivity index is 3.01. The maximum atomic E-state index is 13.2. The number of alkyl halides is 3. The van der Waals surface area contributed by atoms with Crippen LogP contribution in [0.1, 0.15) is 5.56 Å². The molecule has 0 saturated carbocycles. The Morgan fingerprint density at radius 2 is 1.48 bits per heavy atom. The van der Waals surface area contributed by atoms with Gasteiger partial charge in [-0.3, -0.25) is 25.1 Å². The fraction of sp³-hybridized carbons (Fsp3) is 0.176. The number of esters is 2. The van der Waals surface area contributed by atoms with E-state index < -0.39 is 61.9 Å². The molecule has 1 heterocycles. The number of rotatable bonds is 5. The van der Waals surface area contributed by atoms with E-state index in [1.807, 2.05) is 0 Å². The number of ether oxygens (including phenoxy) is 2. The van der Waals surface area contributed by atoms with Gasteiger partial charge in [-0.05, 0) is 12.2 Å². The highest BCUT2D eigenvalue weighted by Crippen LogP contribution is 2.45. The minimum atomic E-state index is -5.14. The van der Waals surface area contributed by atoms with Crippen LogP contribution in [0.3, 0.4) is 0 Å². The number of anilines is 1. The van der Waals surface area contributed by atoms with Crippen molar-refractivity contribution < 1.29 is 42.1 Å². The van der Waals surface area contributed by atoms with E-state index in [9.17, 15) is 43.0 Å². The summed E-state index contributed by atoms with van der Waals surface area (Å²) in [5, 5.41) is 23.1. The molecule has 0 N–H and O–H groups in total. The van der Waals surface area contributed by atoms with Crippen LogP contribution >= 0.6 is 0 Å². The highest BCUT2D eigenvalue weighted by atomic mass is 19.4. The van der Waals surface area contributed by atoms with E-state index in [2.05, 4.69) is 9.47 Å². The average molecular weight is 443 g/mol. The number of hydrogen-bond acceptors (Lipinski definition) is 9. The van der Waals surface area contributed by atoms with Gasteiger partial charge >= 0.3 is 29.5 Å². The van der Waals surface area contributed by atoms with Crippen LogP contribution in [0.5, 0.6) is 0 Å². The van der Waals surface area contributed by atoms with Crippen molar-refractivity contribution in [1.29, 1.82) is 0 Å². The second-order valence-electron chi connectivity index (χ2n) is 5.69. The van der Waals surface area contributed by atoms with Crippen LogP contribution < -0.4 is 4.90 Å². The Morgan fingerprint density at radius 3 is 1.90 bits per heavy atom. The largest absolute Gasteiger partial charge is 0.465 e. The van der Waals surface area contributed by atoms with Crippen LogP contribution in [0.4, 0.5) is 30.2 Å². The van der Waals surface area contributed by atoms with Gasteiger partial charge in [-0.1, -0.05) is 6.08 Å². The average Bonchev–Trinajstić information content (AvgIpc) is 2.93. The van der Waals surface area contributed by atoms with Gasteiger partial charge in [0.2, 0.25) is 5.69 Å². The zero-order valence-corrected chi connectivity index (χ0v) is 15.7. The number of halogens is 3. The Bertz CT molecular complexity index is 1020. The number of nitro benzene ring substituents is 2. The first kappa shape index (κ1) is 23.1. The van der Waals surface area contributed by atoms with Gasteiger partial charge in [0.05, 0.1) is 35.2 Å². The minimum Gasteiger partial charge on any atom is -0.465 e. The highest BCUT2D eigenvalue weighted by molar-refractivity contribution is 6.06. The lowest BCUT2D eigenvalue weighted by atomic mass is 10.1. The molecule has 14 heteroatoms. The smallest absolute Gasteiger partial charge is 0.416 e. The molecule has 0 radical (unpaired) electrons. The number of hydrogen-bond donors (Lipinski definition) is 0. The molecular weight excluding hydrogens is 431 g/mol. The van der Waals surface area contributed by atoms with Crippen molar-refractivity contribution in [3.05, 3.63) is 73.6 Å². The van der Waals surface area contributed by atoms with Crippen LogP contribution in [0, 0.1) is 20.2 Å². The topological polar surface area (TPSA) is 142 Å². The fourth-order valence-corrected chi connectivity index (χ4v) is 2.63. The third-order valence-electron chi connectivity index (χ3n) is 3.92. The maximum absolute atomic E-state index is 13.2. The van der Waals surface area contributed by atoms with Gasteiger partial charge in [-0.25, -0.2) is 9.59 Å². The molecule has 2 rings (SSSR count). The summed E-state index contributed by atoms with van der Waals surface area (Å²) in [5.41, 5.74) is -6.57. The van der Waals surface area contributed by atoms with E-state index in [-0.39, 0.29) is 12.1 Å². The summed E-state index contributed by atoms with van der Waals surface area (Å²) in [4.78, 5) is 45.6. The van der Waals surface area contributed by atoms with Crippen molar-refractivity contribution in [2.45, 2.75) is 6.18 Å². The summed E-state index contributed by atoms with van der Waals surface area (Å²) < 4.78 is 48.6. The second kappa shape index (κ2) is 8.64. The third kappa shape index (κ3) is 4.52. The van der Waals surface area contributed by atoms with Crippen molar-refractivity contribution in [2.75, 3.05) is 19.1 Å². The molecule has 0 amide bonds. The summed E-state index contributed by atoms with van der Waals surface area (Å²) in [6, 6.07) is 0.169. The predicted molar refractivity (Wildman–Crippen MR) is 96.6 cm³/mol. The normalized spacial score (nSPS) is 13.6. The number of benzene rings is 1. The van der Waals surface area contributed by atoms with Gasteiger partial charge in [0.15, 0.2) is 0 Å². The number of nitrogens with zero attached hydrogens (tertiary/aromatic N) is 3. The second-order valence-corrected chi connectivity index (χ2v) is 5.69. The van der Waals surface area contributed by atoms with E-state index in [4.69, 9.17) is 0 Å². The molecule has 1 aliphatic heterocycles. The first-order chi connectivity index (χ1) is 14.4. The summed E-state index contributed by atoms with van der Waals surface area (Å²) in [7, 11) is 1.86. The lowest BCUT2D eigenvalue weighted by Gasteiger charge is -2.23. The van der Waals surface area contributed by atoms with E-state index in [0.717, 1.165) is 32.6 Å². The molecule has 0 fully saturated rings. The number of carbonyl (C=O) groups excluding carboxylic acids is 2. The van der Waals surface area contributed by atoms with Crippen molar-refractivity contribution in [1.82, 2.24) is 0 Å². The quantitative estimate of drug-likeness (QED) is 0.381. The van der Waals surface area contributed by atoms with Gasteiger partial charge in [0.25, 0.3) is 0 Å². The van der Waals surface area contributed by atoms with Gasteiger partial charge < -0.3 is 9.47 Å². The van der Waals surface area contributed by atoms with E-state index in [1.54, 1.807) is 0 Å². The lowest BCUT2D eigenvalue weighted by molar-refractivity contribution is -0.392. The monoisotopic (exact) mass is 443 g/mol. The van der Waals surface area contributed by atoms with Gasteiger partial charge in [0.1, 0.15) is 5.70 Å². The molecule has 0 bridgehead atoms. The summed E-state index contributed by atoms with van der Waals surface area (Å²) in [5.74, 6) is -2.37. The molecule has 0 unspecified atom stereocenters. The molecule has 164 valence electrons. The molecule has 31 heavy (non-hydrogen) atoms. The van der Waals surface area contributed by atoms with Gasteiger partial charge in [0, 0.05) is 18.3 Å². The van der Waals surface area contributed by atoms with Crippen LogP contribution in [0.15, 0.2) is 47.8 Å². The molecular formula is C17H12F3N3O8. The Morgan fingerprint density at radius 1 is 0.968 bits per heavy atom. The molecule has 1 aliphatic rings. The first-order valence-electron chi connectivity index (χ1n) is 8.03. The summed E-state index contributed by atoms with van der Waals surface area (Å²) >= 11 is 0. The molecule has 0 spiro atoms. The Kier molecular flexibility index (Phi) is 6.43. The lowest BCUT2D eigenvalue weighted by Crippen LogP contribution is -2.28. The number of nitro groups is 2. The van der Waals surface area contributed by atoms with Gasteiger partial charge in [-0.2, -0.15) is 13.2 Å². The molecule has 0 saturated heterocycles. The van der Waals surface area contributed by atoms with E-state index in [1.165, 1.54) is 6.08 Å². The van der Waals surface area contributed by atoms with Crippen LogP contribution in [-0.4, -0.2) is 36.0 Å². The van der Waals surface area contributed by atoms with Crippen LogP contribution in [0.2, 0.25) is 0 Å². The number of methoxy groups -OCH3 is 2.